The highest BCUT2D eigenvalue weighted by Gasteiger charge is 2.04. The van der Waals surface area contributed by atoms with Crippen molar-refractivity contribution in [1.82, 2.24) is 9.13 Å². The average molecular weight is 375 g/mol. The molecule has 0 amide bonds. The first-order chi connectivity index (χ1) is 12.8. The Balaban J connectivity index is 0.000000277. The Morgan fingerprint density at radius 1 is 1.04 bits per heavy atom. The van der Waals surface area contributed by atoms with E-state index in [0.29, 0.717) is 24.6 Å². The highest BCUT2D eigenvalue weighted by Crippen LogP contribution is 2.09. The summed E-state index contributed by atoms with van der Waals surface area (Å²) in [4.78, 5) is 21.9. The number of aromatic nitrogens is 2. The van der Waals surface area contributed by atoms with Crippen molar-refractivity contribution in [3.63, 3.8) is 0 Å². The van der Waals surface area contributed by atoms with Gasteiger partial charge in [-0.1, -0.05) is 0 Å². The molecule has 0 aromatic carbocycles. The average Bonchev–Trinajstić information content (AvgIpc) is 2.66. The van der Waals surface area contributed by atoms with Crippen LogP contribution in [-0.2, 0) is 17.8 Å². The van der Waals surface area contributed by atoms with Crippen molar-refractivity contribution in [2.45, 2.75) is 40.3 Å². The summed E-state index contributed by atoms with van der Waals surface area (Å²) in [5.41, 5.74) is 0.290. The number of pyridine rings is 2. The van der Waals surface area contributed by atoms with Gasteiger partial charge >= 0.3 is 0 Å². The van der Waals surface area contributed by atoms with E-state index in [1.807, 2.05) is 17.6 Å². The number of nitrogens with zero attached hydrogens (tertiary/aromatic N) is 3. The molecule has 0 aliphatic heterocycles. The van der Waals surface area contributed by atoms with Crippen molar-refractivity contribution in [3.05, 3.63) is 56.4 Å². The van der Waals surface area contributed by atoms with Crippen LogP contribution in [0.1, 0.15) is 24.7 Å². The van der Waals surface area contributed by atoms with Crippen LogP contribution < -0.4 is 10.9 Å². The third-order valence-corrected chi connectivity index (χ3v) is 3.96. The number of rotatable bonds is 6. The molecule has 2 rings (SSSR count). The van der Waals surface area contributed by atoms with Crippen LogP contribution in [0.3, 0.4) is 0 Å². The van der Waals surface area contributed by atoms with Gasteiger partial charge in [0.15, 0.2) is 11.5 Å². The summed E-state index contributed by atoms with van der Waals surface area (Å²) in [6.07, 6.45) is 4.06. The van der Waals surface area contributed by atoms with Crippen molar-refractivity contribution in [3.8, 4) is 17.6 Å². The van der Waals surface area contributed by atoms with Crippen LogP contribution in [0.15, 0.2) is 34.1 Å². The van der Waals surface area contributed by atoms with Crippen LogP contribution in [0, 0.1) is 25.2 Å². The second kappa shape index (κ2) is 10.8. The van der Waals surface area contributed by atoms with Gasteiger partial charge in [-0.15, -0.1) is 0 Å². The van der Waals surface area contributed by atoms with Gasteiger partial charge in [0, 0.05) is 44.3 Å². The van der Waals surface area contributed by atoms with Crippen LogP contribution in [0.2, 0.25) is 0 Å². The number of hydrogen-bond donors (Lipinski definition) is 2. The standard InChI is InChI=1S/C11H17NO3.C8H8N2O2/c1-3-15-8-4-6-12-7-5-10(13)11(14)9(12)2;1-6-8(12)7(11)2-4-10(6)5-3-9/h5,7,14H,3-4,6,8H2,1-2H3;2,4,12H,5H2,1H3. The summed E-state index contributed by atoms with van der Waals surface area (Å²) in [6, 6.07) is 4.54. The molecule has 0 saturated heterocycles. The first kappa shape index (κ1) is 22.0. The van der Waals surface area contributed by atoms with Gasteiger partial charge in [0.05, 0.1) is 17.5 Å². The highest BCUT2D eigenvalue weighted by atomic mass is 16.5. The maximum Gasteiger partial charge on any atom is 0.223 e. The van der Waals surface area contributed by atoms with E-state index in [0.717, 1.165) is 13.0 Å². The number of aryl methyl sites for hydroxylation is 1. The first-order valence-electron chi connectivity index (χ1n) is 8.56. The van der Waals surface area contributed by atoms with Crippen molar-refractivity contribution in [1.29, 1.82) is 5.26 Å². The minimum absolute atomic E-state index is 0.139. The molecule has 0 aliphatic carbocycles. The first-order valence-corrected chi connectivity index (χ1v) is 8.56. The largest absolute Gasteiger partial charge is 0.503 e. The van der Waals surface area contributed by atoms with E-state index in [1.165, 1.54) is 22.9 Å². The predicted octanol–water partition coefficient (Wildman–Crippen LogP) is 1.67. The Morgan fingerprint density at radius 3 is 2.07 bits per heavy atom. The van der Waals surface area contributed by atoms with Crippen LogP contribution in [0.4, 0.5) is 0 Å². The summed E-state index contributed by atoms with van der Waals surface area (Å²) in [7, 11) is 0. The van der Waals surface area contributed by atoms with Gasteiger partial charge in [-0.3, -0.25) is 9.59 Å². The Labute approximate surface area is 157 Å². The Hall–Kier alpha value is -3.05. The van der Waals surface area contributed by atoms with Crippen molar-refractivity contribution in [2.24, 2.45) is 0 Å². The summed E-state index contributed by atoms with van der Waals surface area (Å²) >= 11 is 0. The fourth-order valence-electron chi connectivity index (χ4n) is 2.30. The van der Waals surface area contributed by atoms with Crippen LogP contribution in [0.25, 0.3) is 0 Å². The van der Waals surface area contributed by atoms with Crippen LogP contribution in [-0.4, -0.2) is 32.6 Å². The molecule has 0 unspecified atom stereocenters. The summed E-state index contributed by atoms with van der Waals surface area (Å²) in [6.45, 7) is 7.58. The fraction of sp³-hybridized carbons (Fsp3) is 0.421. The maximum atomic E-state index is 11.1. The molecule has 2 aromatic heterocycles. The third kappa shape index (κ3) is 6.31. The molecule has 27 heavy (non-hydrogen) atoms. The number of aromatic hydroxyl groups is 2. The third-order valence-electron chi connectivity index (χ3n) is 3.96. The lowest BCUT2D eigenvalue weighted by Gasteiger charge is -2.11. The normalized spacial score (nSPS) is 10.0. The molecule has 0 aliphatic rings. The predicted molar refractivity (Wildman–Crippen MR) is 101 cm³/mol. The summed E-state index contributed by atoms with van der Waals surface area (Å²) < 4.78 is 8.58. The number of ether oxygens (including phenoxy) is 1. The molecule has 0 saturated carbocycles. The molecule has 8 nitrogen and oxygen atoms in total. The molecule has 0 bridgehead atoms. The Bertz CT molecular complexity index is 909. The van der Waals surface area contributed by atoms with Gasteiger partial charge in [0.2, 0.25) is 10.9 Å². The zero-order valence-corrected chi connectivity index (χ0v) is 15.8. The smallest absolute Gasteiger partial charge is 0.223 e. The molecule has 0 atom stereocenters. The van der Waals surface area contributed by atoms with Crippen LogP contribution in [0.5, 0.6) is 11.5 Å². The van der Waals surface area contributed by atoms with Gasteiger partial charge < -0.3 is 24.1 Å². The van der Waals surface area contributed by atoms with E-state index in [4.69, 9.17) is 10.00 Å². The topological polar surface area (TPSA) is 117 Å². The van der Waals surface area contributed by atoms with Crippen molar-refractivity contribution >= 4 is 0 Å². The van der Waals surface area contributed by atoms with E-state index < -0.39 is 5.43 Å². The summed E-state index contributed by atoms with van der Waals surface area (Å²) in [5.74, 6) is -0.443. The summed E-state index contributed by atoms with van der Waals surface area (Å²) in [5, 5.41) is 27.0. The molecule has 0 fully saturated rings. The lowest BCUT2D eigenvalue weighted by molar-refractivity contribution is 0.141. The van der Waals surface area contributed by atoms with Gasteiger partial charge in [-0.25, -0.2) is 0 Å². The molecule has 2 aromatic rings. The SMILES string of the molecule is CCOCCCn1ccc(=O)c(O)c1C.Cc1c(O)c(=O)ccn1CC#N. The van der Waals surface area contributed by atoms with Gasteiger partial charge in [0.25, 0.3) is 0 Å². The van der Waals surface area contributed by atoms with Crippen LogP contribution >= 0.6 is 0 Å². The Kier molecular flexibility index (Phi) is 8.82. The minimum Gasteiger partial charge on any atom is -0.503 e. The quantitative estimate of drug-likeness (QED) is 0.742. The zero-order valence-electron chi connectivity index (χ0n) is 15.8. The second-order valence-electron chi connectivity index (χ2n) is 5.76. The van der Waals surface area contributed by atoms with Gasteiger partial charge in [0.1, 0.15) is 6.54 Å². The second-order valence-corrected chi connectivity index (χ2v) is 5.76. The minimum atomic E-state index is -0.415. The number of hydrogen-bond acceptors (Lipinski definition) is 6. The molecular formula is C19H25N3O5. The van der Waals surface area contributed by atoms with E-state index in [2.05, 4.69) is 0 Å². The monoisotopic (exact) mass is 375 g/mol. The lowest BCUT2D eigenvalue weighted by atomic mass is 10.3. The van der Waals surface area contributed by atoms with Crippen molar-refractivity contribution < 1.29 is 14.9 Å². The molecular weight excluding hydrogens is 350 g/mol. The van der Waals surface area contributed by atoms with Gasteiger partial charge in [-0.2, -0.15) is 5.26 Å². The molecule has 0 radical (unpaired) electrons. The Morgan fingerprint density at radius 2 is 1.56 bits per heavy atom. The molecule has 0 spiro atoms. The molecule has 2 heterocycles. The van der Waals surface area contributed by atoms with Gasteiger partial charge in [-0.05, 0) is 27.2 Å². The van der Waals surface area contributed by atoms with E-state index in [1.54, 1.807) is 20.0 Å². The van der Waals surface area contributed by atoms with E-state index in [9.17, 15) is 19.8 Å². The lowest BCUT2D eigenvalue weighted by Crippen LogP contribution is -2.11. The number of nitriles is 1. The zero-order chi connectivity index (χ0) is 20.4. The van der Waals surface area contributed by atoms with Crippen molar-refractivity contribution in [2.75, 3.05) is 13.2 Å². The molecule has 2 N–H and O–H groups in total. The molecule has 146 valence electrons. The van der Waals surface area contributed by atoms with E-state index >= 15 is 0 Å². The maximum absolute atomic E-state index is 11.1. The highest BCUT2D eigenvalue weighted by molar-refractivity contribution is 5.26. The van der Waals surface area contributed by atoms with E-state index in [-0.39, 0.29) is 23.5 Å². The fourth-order valence-corrected chi connectivity index (χ4v) is 2.30. The molecule has 8 heteroatoms.